The number of hydrogen-bond donors (Lipinski definition) is 1. The average molecular weight is 214 g/mol. The molecule has 0 fully saturated rings. The standard InChI is InChI=1S/C10H12F2N2O/c1-14-2-3-15-9-5-7(13)6(10(11)12)4-8(9)14/h4-5,10H,2-3,13H2,1H3. The van der Waals surface area contributed by atoms with Crippen LogP contribution in [-0.4, -0.2) is 20.2 Å². The molecule has 3 nitrogen and oxygen atoms in total. The Morgan fingerprint density at radius 3 is 2.87 bits per heavy atom. The number of rotatable bonds is 1. The van der Waals surface area contributed by atoms with Crippen LogP contribution < -0.4 is 15.4 Å². The molecule has 0 unspecified atom stereocenters. The maximum absolute atomic E-state index is 12.6. The van der Waals surface area contributed by atoms with E-state index in [1.54, 1.807) is 0 Å². The van der Waals surface area contributed by atoms with Crippen molar-refractivity contribution < 1.29 is 13.5 Å². The highest BCUT2D eigenvalue weighted by molar-refractivity contribution is 5.68. The van der Waals surface area contributed by atoms with Crippen LogP contribution in [0.25, 0.3) is 0 Å². The van der Waals surface area contributed by atoms with Gasteiger partial charge in [0, 0.05) is 24.4 Å². The van der Waals surface area contributed by atoms with Crippen molar-refractivity contribution >= 4 is 11.4 Å². The van der Waals surface area contributed by atoms with Crippen LogP contribution in [0.2, 0.25) is 0 Å². The van der Waals surface area contributed by atoms with Crippen LogP contribution in [0.4, 0.5) is 20.2 Å². The summed E-state index contributed by atoms with van der Waals surface area (Å²) in [5, 5.41) is 0. The predicted molar refractivity (Wildman–Crippen MR) is 54.6 cm³/mol. The van der Waals surface area contributed by atoms with E-state index in [0.717, 1.165) is 0 Å². The van der Waals surface area contributed by atoms with E-state index in [1.165, 1.54) is 12.1 Å². The zero-order valence-corrected chi connectivity index (χ0v) is 8.34. The first-order valence-electron chi connectivity index (χ1n) is 4.65. The third kappa shape index (κ3) is 1.69. The van der Waals surface area contributed by atoms with E-state index in [4.69, 9.17) is 10.5 Å². The smallest absolute Gasteiger partial charge is 0.265 e. The number of nitrogen functional groups attached to an aromatic ring is 1. The molecule has 0 saturated carbocycles. The molecule has 5 heteroatoms. The number of fused-ring (bicyclic) bond motifs is 1. The zero-order valence-electron chi connectivity index (χ0n) is 8.34. The van der Waals surface area contributed by atoms with Crippen molar-refractivity contribution in [3.8, 4) is 5.75 Å². The van der Waals surface area contributed by atoms with E-state index in [1.807, 2.05) is 11.9 Å². The first-order valence-corrected chi connectivity index (χ1v) is 4.65. The lowest BCUT2D eigenvalue weighted by Gasteiger charge is -2.28. The van der Waals surface area contributed by atoms with E-state index < -0.39 is 6.43 Å². The molecule has 0 aromatic heterocycles. The van der Waals surface area contributed by atoms with Gasteiger partial charge in [0.05, 0.1) is 12.2 Å². The highest BCUT2D eigenvalue weighted by Gasteiger charge is 2.20. The molecule has 1 aromatic rings. The van der Waals surface area contributed by atoms with Crippen LogP contribution >= 0.6 is 0 Å². The maximum atomic E-state index is 12.6. The molecule has 0 saturated heterocycles. The predicted octanol–water partition coefficient (Wildman–Crippen LogP) is 2.03. The summed E-state index contributed by atoms with van der Waals surface area (Å²) in [6.45, 7) is 1.25. The SMILES string of the molecule is CN1CCOc2cc(N)c(C(F)F)cc21. The molecular weight excluding hydrogens is 202 g/mol. The van der Waals surface area contributed by atoms with Gasteiger partial charge >= 0.3 is 0 Å². The van der Waals surface area contributed by atoms with Gasteiger partial charge in [-0.2, -0.15) is 0 Å². The van der Waals surface area contributed by atoms with Crippen LogP contribution in [0.3, 0.4) is 0 Å². The second kappa shape index (κ2) is 3.56. The quantitative estimate of drug-likeness (QED) is 0.727. The Kier molecular flexibility index (Phi) is 2.38. The van der Waals surface area contributed by atoms with Gasteiger partial charge in [-0.25, -0.2) is 8.78 Å². The van der Waals surface area contributed by atoms with Crippen molar-refractivity contribution in [2.45, 2.75) is 6.43 Å². The van der Waals surface area contributed by atoms with Crippen molar-refractivity contribution in [1.82, 2.24) is 0 Å². The highest BCUT2D eigenvalue weighted by Crippen LogP contribution is 2.38. The minimum Gasteiger partial charge on any atom is -0.489 e. The first-order chi connectivity index (χ1) is 7.09. The molecule has 1 heterocycles. The number of nitrogens with zero attached hydrogens (tertiary/aromatic N) is 1. The fourth-order valence-corrected chi connectivity index (χ4v) is 1.62. The summed E-state index contributed by atoms with van der Waals surface area (Å²) in [6, 6.07) is 2.86. The molecule has 1 aliphatic rings. The normalized spacial score (nSPS) is 15.1. The summed E-state index contributed by atoms with van der Waals surface area (Å²) < 4.78 is 30.5. The molecule has 0 spiro atoms. The first kappa shape index (κ1) is 10.0. The fraction of sp³-hybridized carbons (Fsp3) is 0.400. The molecule has 1 aliphatic heterocycles. The molecule has 0 radical (unpaired) electrons. The Morgan fingerprint density at radius 2 is 2.20 bits per heavy atom. The molecule has 2 rings (SSSR count). The van der Waals surface area contributed by atoms with E-state index in [2.05, 4.69) is 0 Å². The van der Waals surface area contributed by atoms with Gasteiger partial charge in [0.15, 0.2) is 0 Å². The van der Waals surface area contributed by atoms with Gasteiger partial charge in [-0.05, 0) is 6.07 Å². The number of hydrogen-bond acceptors (Lipinski definition) is 3. The number of alkyl halides is 2. The Bertz CT molecular complexity index is 382. The highest BCUT2D eigenvalue weighted by atomic mass is 19.3. The van der Waals surface area contributed by atoms with Crippen LogP contribution in [0.1, 0.15) is 12.0 Å². The number of anilines is 2. The van der Waals surface area contributed by atoms with Crippen LogP contribution in [-0.2, 0) is 0 Å². The monoisotopic (exact) mass is 214 g/mol. The lowest BCUT2D eigenvalue weighted by Crippen LogP contribution is -2.29. The molecule has 1 aromatic carbocycles. The largest absolute Gasteiger partial charge is 0.489 e. The maximum Gasteiger partial charge on any atom is 0.265 e. The topological polar surface area (TPSA) is 38.5 Å². The molecule has 0 amide bonds. The summed E-state index contributed by atoms with van der Waals surface area (Å²) in [5.74, 6) is 0.575. The molecule has 0 bridgehead atoms. The van der Waals surface area contributed by atoms with Crippen molar-refractivity contribution in [2.24, 2.45) is 0 Å². The second-order valence-corrected chi connectivity index (χ2v) is 3.52. The van der Waals surface area contributed by atoms with E-state index in [-0.39, 0.29) is 11.3 Å². The van der Waals surface area contributed by atoms with Crippen molar-refractivity contribution in [3.05, 3.63) is 17.7 Å². The van der Waals surface area contributed by atoms with E-state index in [9.17, 15) is 8.78 Å². The van der Waals surface area contributed by atoms with Crippen molar-refractivity contribution in [1.29, 1.82) is 0 Å². The summed E-state index contributed by atoms with van der Waals surface area (Å²) in [7, 11) is 1.84. The molecule has 15 heavy (non-hydrogen) atoms. The summed E-state index contributed by atoms with van der Waals surface area (Å²) >= 11 is 0. The number of likely N-dealkylation sites (N-methyl/N-ethyl adjacent to an activating group) is 1. The number of halogens is 2. The molecule has 0 aliphatic carbocycles. The van der Waals surface area contributed by atoms with Gasteiger partial charge in [0.25, 0.3) is 6.43 Å². The van der Waals surface area contributed by atoms with Gasteiger partial charge in [-0.15, -0.1) is 0 Å². The number of benzene rings is 1. The van der Waals surface area contributed by atoms with Crippen LogP contribution in [0, 0.1) is 0 Å². The lowest BCUT2D eigenvalue weighted by atomic mass is 10.1. The van der Waals surface area contributed by atoms with Crippen LogP contribution in [0.15, 0.2) is 12.1 Å². The Labute approximate surface area is 86.4 Å². The molecule has 82 valence electrons. The van der Waals surface area contributed by atoms with Gasteiger partial charge in [0.1, 0.15) is 12.4 Å². The third-order valence-electron chi connectivity index (χ3n) is 2.50. The summed E-state index contributed by atoms with van der Waals surface area (Å²) in [5.41, 5.74) is 6.13. The second-order valence-electron chi connectivity index (χ2n) is 3.52. The fourth-order valence-electron chi connectivity index (χ4n) is 1.62. The lowest BCUT2D eigenvalue weighted by molar-refractivity contribution is 0.152. The van der Waals surface area contributed by atoms with Gasteiger partial charge in [-0.3, -0.25) is 0 Å². The van der Waals surface area contributed by atoms with Gasteiger partial charge in [0.2, 0.25) is 0 Å². The molecule has 2 N–H and O–H groups in total. The van der Waals surface area contributed by atoms with Gasteiger partial charge in [-0.1, -0.05) is 0 Å². The van der Waals surface area contributed by atoms with E-state index in [0.29, 0.717) is 24.6 Å². The Hall–Kier alpha value is -1.52. The summed E-state index contributed by atoms with van der Waals surface area (Å²) in [4.78, 5) is 1.88. The minimum absolute atomic E-state index is 0.0825. The molecular formula is C10H12F2N2O. The molecule has 0 atom stereocenters. The number of ether oxygens (including phenoxy) is 1. The average Bonchev–Trinajstić information content (AvgIpc) is 2.16. The van der Waals surface area contributed by atoms with Crippen molar-refractivity contribution in [2.75, 3.05) is 30.8 Å². The Balaban J connectivity index is 2.50. The van der Waals surface area contributed by atoms with Crippen LogP contribution in [0.5, 0.6) is 5.75 Å². The third-order valence-corrected chi connectivity index (χ3v) is 2.50. The van der Waals surface area contributed by atoms with E-state index >= 15 is 0 Å². The van der Waals surface area contributed by atoms with Gasteiger partial charge < -0.3 is 15.4 Å². The Morgan fingerprint density at radius 1 is 1.47 bits per heavy atom. The number of nitrogens with two attached hydrogens (primary N) is 1. The summed E-state index contributed by atoms with van der Waals surface area (Å²) in [6.07, 6.45) is -2.55. The van der Waals surface area contributed by atoms with Crippen molar-refractivity contribution in [3.63, 3.8) is 0 Å². The minimum atomic E-state index is -2.55. The zero-order chi connectivity index (χ0) is 11.0.